The van der Waals surface area contributed by atoms with Gasteiger partial charge in [0.1, 0.15) is 12.4 Å². The van der Waals surface area contributed by atoms with E-state index in [1.807, 2.05) is 6.07 Å². The van der Waals surface area contributed by atoms with Gasteiger partial charge in [-0.2, -0.15) is 13.2 Å². The van der Waals surface area contributed by atoms with E-state index in [1.54, 1.807) is 24.3 Å². The number of carbonyl (C=O) groups is 1. The van der Waals surface area contributed by atoms with Crippen LogP contribution in [0.2, 0.25) is 0 Å². The van der Waals surface area contributed by atoms with Gasteiger partial charge in [0.2, 0.25) is 0 Å². The lowest BCUT2D eigenvalue weighted by Gasteiger charge is -2.21. The number of benzene rings is 3. The van der Waals surface area contributed by atoms with Crippen LogP contribution < -0.4 is 0 Å². The highest BCUT2D eigenvalue weighted by Crippen LogP contribution is 2.35. The molecule has 9 heteroatoms. The van der Waals surface area contributed by atoms with Gasteiger partial charge < -0.3 is 19.5 Å². The molecule has 0 aromatic heterocycles. The van der Waals surface area contributed by atoms with E-state index < -0.39 is 29.9 Å². The summed E-state index contributed by atoms with van der Waals surface area (Å²) in [6, 6.07) is 15.9. The number of aliphatic hydroxyl groups is 1. The summed E-state index contributed by atoms with van der Waals surface area (Å²) < 4.78 is 65.1. The van der Waals surface area contributed by atoms with Crippen LogP contribution in [-0.2, 0) is 35.2 Å². The molecule has 5 nitrogen and oxygen atoms in total. The van der Waals surface area contributed by atoms with Gasteiger partial charge in [-0.05, 0) is 46.5 Å². The van der Waals surface area contributed by atoms with Crippen LogP contribution in [0.1, 0.15) is 22.3 Å². The predicted octanol–water partition coefficient (Wildman–Crippen LogP) is 5.79. The van der Waals surface area contributed by atoms with Gasteiger partial charge in [0.05, 0.1) is 5.56 Å². The van der Waals surface area contributed by atoms with Crippen molar-refractivity contribution in [2.45, 2.75) is 32.0 Å². The fraction of sp³-hybridized carbons (Fsp3) is 0.269. The highest BCUT2D eigenvalue weighted by molar-refractivity contribution is 5.71. The number of carbonyl (C=O) groups excluding carboxylic acids is 1. The Labute approximate surface area is 200 Å². The van der Waals surface area contributed by atoms with Crippen molar-refractivity contribution in [3.05, 3.63) is 94.8 Å². The van der Waals surface area contributed by atoms with E-state index in [1.165, 1.54) is 38.4 Å². The Morgan fingerprint density at radius 3 is 2.37 bits per heavy atom. The average Bonchev–Trinajstić information content (AvgIpc) is 2.83. The minimum Gasteiger partial charge on any atom is -0.445 e. The number of hydrogen-bond acceptors (Lipinski definition) is 4. The minimum atomic E-state index is -4.62. The second-order valence-electron chi connectivity index (χ2n) is 7.97. The van der Waals surface area contributed by atoms with Crippen LogP contribution in [0.5, 0.6) is 0 Å². The van der Waals surface area contributed by atoms with Gasteiger partial charge in [0.15, 0.2) is 6.29 Å². The van der Waals surface area contributed by atoms with Crippen molar-refractivity contribution in [1.82, 2.24) is 4.90 Å². The third-order valence-electron chi connectivity index (χ3n) is 5.36. The van der Waals surface area contributed by atoms with E-state index in [0.717, 1.165) is 22.6 Å². The van der Waals surface area contributed by atoms with Crippen molar-refractivity contribution in [3.8, 4) is 11.1 Å². The van der Waals surface area contributed by atoms with Gasteiger partial charge in [-0.1, -0.05) is 42.5 Å². The van der Waals surface area contributed by atoms with Gasteiger partial charge in [-0.15, -0.1) is 0 Å². The molecule has 1 atom stereocenters. The summed E-state index contributed by atoms with van der Waals surface area (Å²) in [5.41, 5.74) is 0.673. The van der Waals surface area contributed by atoms with E-state index in [4.69, 9.17) is 9.47 Å². The van der Waals surface area contributed by atoms with Crippen molar-refractivity contribution >= 4 is 6.09 Å². The maximum absolute atomic E-state index is 14.8. The molecule has 0 aliphatic carbocycles. The average molecular weight is 491 g/mol. The van der Waals surface area contributed by atoms with Gasteiger partial charge in [0, 0.05) is 32.7 Å². The topological polar surface area (TPSA) is 59.0 Å². The second kappa shape index (κ2) is 11.3. The predicted molar refractivity (Wildman–Crippen MR) is 122 cm³/mol. The Kier molecular flexibility index (Phi) is 8.48. The first-order valence-electron chi connectivity index (χ1n) is 10.7. The van der Waals surface area contributed by atoms with Crippen LogP contribution in [0.25, 0.3) is 11.1 Å². The van der Waals surface area contributed by atoms with E-state index in [-0.39, 0.29) is 36.3 Å². The van der Waals surface area contributed by atoms with Crippen molar-refractivity contribution < 1.29 is 36.9 Å². The lowest BCUT2D eigenvalue weighted by molar-refractivity contribution is -0.137. The molecule has 186 valence electrons. The van der Waals surface area contributed by atoms with Gasteiger partial charge >= 0.3 is 12.3 Å². The molecule has 0 aliphatic rings. The molecule has 0 saturated carbocycles. The lowest BCUT2D eigenvalue weighted by atomic mass is 9.94. The van der Waals surface area contributed by atoms with Crippen LogP contribution in [0.4, 0.5) is 22.4 Å². The van der Waals surface area contributed by atoms with Gasteiger partial charge in [-0.25, -0.2) is 9.18 Å². The van der Waals surface area contributed by atoms with E-state index in [2.05, 4.69) is 0 Å². The molecule has 0 aliphatic heterocycles. The first kappa shape index (κ1) is 26.2. The summed E-state index contributed by atoms with van der Waals surface area (Å²) in [5.74, 6) is -0.657. The molecule has 1 N–H and O–H groups in total. The number of amides is 1. The zero-order chi connectivity index (χ0) is 25.6. The van der Waals surface area contributed by atoms with E-state index in [0.29, 0.717) is 5.56 Å². The molecule has 0 saturated heterocycles. The maximum Gasteiger partial charge on any atom is 0.416 e. The van der Waals surface area contributed by atoms with Crippen molar-refractivity contribution in [1.29, 1.82) is 0 Å². The molecule has 0 fully saturated rings. The third-order valence-corrected chi connectivity index (χ3v) is 5.36. The molecule has 0 bridgehead atoms. The Hall–Kier alpha value is -3.43. The standard InChI is InChI=1S/C26H25F4NO4/c1-31(25(33)35-16-17-6-4-3-5-7-17)15-19-14-20(26(28,29)30)9-10-21(19)22-12-18(8-11-23(22)27)13-24(32)34-2/h3-12,14,24,32H,13,15-16H2,1-2H3. The highest BCUT2D eigenvalue weighted by atomic mass is 19.4. The summed E-state index contributed by atoms with van der Waals surface area (Å²) in [6.07, 6.45) is -6.42. The summed E-state index contributed by atoms with van der Waals surface area (Å²) in [6.45, 7) is -0.255. The van der Waals surface area contributed by atoms with Crippen LogP contribution in [0.3, 0.4) is 0 Å². The van der Waals surface area contributed by atoms with Crippen molar-refractivity contribution in [2.75, 3.05) is 14.2 Å². The van der Waals surface area contributed by atoms with Crippen molar-refractivity contribution in [3.63, 3.8) is 0 Å². The molecule has 3 rings (SSSR count). The fourth-order valence-corrected chi connectivity index (χ4v) is 3.50. The fourth-order valence-electron chi connectivity index (χ4n) is 3.50. The number of nitrogens with zero attached hydrogens (tertiary/aromatic N) is 1. The van der Waals surface area contributed by atoms with Crippen LogP contribution in [0.15, 0.2) is 66.7 Å². The summed E-state index contributed by atoms with van der Waals surface area (Å²) in [5, 5.41) is 9.74. The number of halogens is 4. The zero-order valence-corrected chi connectivity index (χ0v) is 19.2. The van der Waals surface area contributed by atoms with E-state index in [9.17, 15) is 27.5 Å². The molecule has 1 amide bonds. The Morgan fingerprint density at radius 1 is 1.00 bits per heavy atom. The first-order valence-corrected chi connectivity index (χ1v) is 10.7. The van der Waals surface area contributed by atoms with Crippen LogP contribution >= 0.6 is 0 Å². The monoisotopic (exact) mass is 491 g/mol. The Morgan fingerprint density at radius 2 is 1.71 bits per heavy atom. The van der Waals surface area contributed by atoms with Crippen LogP contribution in [0, 0.1) is 5.82 Å². The SMILES string of the molecule is COC(O)Cc1ccc(F)c(-c2ccc(C(F)(F)F)cc2CN(C)C(=O)OCc2ccccc2)c1. The number of methoxy groups -OCH3 is 1. The highest BCUT2D eigenvalue weighted by Gasteiger charge is 2.31. The molecule has 0 heterocycles. The molecular formula is C26H25F4NO4. The number of ether oxygens (including phenoxy) is 2. The summed E-state index contributed by atoms with van der Waals surface area (Å²) in [7, 11) is 2.70. The normalized spacial score (nSPS) is 12.3. The molecule has 3 aromatic rings. The largest absolute Gasteiger partial charge is 0.445 e. The van der Waals surface area contributed by atoms with Gasteiger partial charge in [-0.3, -0.25) is 0 Å². The van der Waals surface area contributed by atoms with Crippen molar-refractivity contribution in [2.24, 2.45) is 0 Å². The number of aliphatic hydroxyl groups excluding tert-OH is 1. The number of alkyl halides is 3. The molecule has 35 heavy (non-hydrogen) atoms. The number of hydrogen-bond donors (Lipinski definition) is 1. The Bertz CT molecular complexity index is 1150. The molecule has 0 spiro atoms. The molecule has 3 aromatic carbocycles. The van der Waals surface area contributed by atoms with Gasteiger partial charge in [0.25, 0.3) is 0 Å². The number of rotatable bonds is 8. The summed E-state index contributed by atoms with van der Waals surface area (Å²) in [4.78, 5) is 13.6. The Balaban J connectivity index is 1.91. The third kappa shape index (κ3) is 7.03. The van der Waals surface area contributed by atoms with Crippen LogP contribution in [-0.4, -0.2) is 36.5 Å². The smallest absolute Gasteiger partial charge is 0.416 e. The molecular weight excluding hydrogens is 466 g/mol. The zero-order valence-electron chi connectivity index (χ0n) is 19.2. The quantitative estimate of drug-likeness (QED) is 0.320. The minimum absolute atomic E-state index is 0.00202. The maximum atomic E-state index is 14.8. The first-order chi connectivity index (χ1) is 16.6. The lowest BCUT2D eigenvalue weighted by Crippen LogP contribution is -2.27. The van der Waals surface area contributed by atoms with E-state index >= 15 is 0 Å². The summed E-state index contributed by atoms with van der Waals surface area (Å²) >= 11 is 0. The molecule has 1 unspecified atom stereocenters. The molecule has 0 radical (unpaired) electrons. The second-order valence-corrected chi connectivity index (χ2v) is 7.97.